The number of unbranched alkanes of at least 4 members (excludes halogenated alkanes) is 2. The number of aliphatic carboxylic acids is 1. The molecule has 1 aromatic rings. The predicted molar refractivity (Wildman–Crippen MR) is 131 cm³/mol. The Labute approximate surface area is 211 Å². The van der Waals surface area contributed by atoms with Crippen LogP contribution in [0.15, 0.2) is 33.3 Å². The third-order valence-electron chi connectivity index (χ3n) is 7.29. The summed E-state index contributed by atoms with van der Waals surface area (Å²) in [5, 5.41) is 39.2. The van der Waals surface area contributed by atoms with Gasteiger partial charge in [0.15, 0.2) is 0 Å². The zero-order chi connectivity index (χ0) is 26.4. The van der Waals surface area contributed by atoms with Crippen molar-refractivity contribution < 1.29 is 39.2 Å². The Morgan fingerprint density at radius 3 is 2.56 bits per heavy atom. The average molecular weight is 504 g/mol. The molecule has 4 N–H and O–H groups in total. The summed E-state index contributed by atoms with van der Waals surface area (Å²) in [5.41, 5.74) is 2.46. The number of carboxylic acids is 1. The third kappa shape index (κ3) is 6.32. The second-order valence-electron chi connectivity index (χ2n) is 9.90. The normalized spacial score (nSPS) is 23.4. The number of aliphatic hydroxyl groups excluding tert-OH is 3. The van der Waals surface area contributed by atoms with Gasteiger partial charge in [0.05, 0.1) is 24.5 Å². The van der Waals surface area contributed by atoms with Crippen LogP contribution in [0.2, 0.25) is 0 Å². The lowest BCUT2D eigenvalue weighted by atomic mass is 9.68. The molecule has 2 heterocycles. The Kier molecular flexibility index (Phi) is 9.64. The summed E-state index contributed by atoms with van der Waals surface area (Å²) < 4.78 is 5.48. The number of allylic oxidation sites excluding steroid dienone is 2. The highest BCUT2D eigenvalue weighted by Gasteiger charge is 2.54. The van der Waals surface area contributed by atoms with Crippen LogP contribution < -0.4 is 0 Å². The van der Waals surface area contributed by atoms with E-state index in [0.29, 0.717) is 55.6 Å². The number of hydrogen-bond donors (Lipinski definition) is 4. The van der Waals surface area contributed by atoms with Crippen molar-refractivity contribution in [3.8, 4) is 0 Å². The van der Waals surface area contributed by atoms with Crippen LogP contribution in [0.3, 0.4) is 0 Å². The fraction of sp³-hybridized carbons (Fsp3) is 0.593. The number of nitrogens with zero attached hydrogens (tertiary/aromatic N) is 1. The number of aliphatic hydroxyl groups is 3. The van der Waals surface area contributed by atoms with Crippen LogP contribution >= 0.6 is 0 Å². The van der Waals surface area contributed by atoms with Crippen LogP contribution in [0.5, 0.6) is 0 Å². The molecule has 0 spiro atoms. The van der Waals surface area contributed by atoms with E-state index in [1.807, 2.05) is 19.9 Å². The van der Waals surface area contributed by atoms with Gasteiger partial charge in [-0.05, 0) is 69.7 Å². The second kappa shape index (κ2) is 12.5. The summed E-state index contributed by atoms with van der Waals surface area (Å²) in [6.45, 7) is 3.51. The number of hydrogen-bond acceptors (Lipinski definition) is 7. The Morgan fingerprint density at radius 2 is 1.92 bits per heavy atom. The van der Waals surface area contributed by atoms with Gasteiger partial charge in [0.25, 0.3) is 0 Å². The maximum atomic E-state index is 13.2. The summed E-state index contributed by atoms with van der Waals surface area (Å²) in [6.07, 6.45) is 4.02. The first-order valence-corrected chi connectivity index (χ1v) is 12.6. The van der Waals surface area contributed by atoms with Crippen molar-refractivity contribution in [2.24, 2.45) is 17.8 Å². The maximum absolute atomic E-state index is 13.2. The Hall–Kier alpha value is -2.75. The van der Waals surface area contributed by atoms with Crippen molar-refractivity contribution in [3.05, 3.63) is 40.4 Å². The smallest absolute Gasteiger partial charge is 0.303 e. The van der Waals surface area contributed by atoms with Crippen molar-refractivity contribution in [1.29, 1.82) is 0 Å². The van der Waals surface area contributed by atoms with Gasteiger partial charge < -0.3 is 24.8 Å². The van der Waals surface area contributed by atoms with Crippen molar-refractivity contribution in [3.63, 3.8) is 0 Å². The van der Waals surface area contributed by atoms with E-state index in [1.165, 1.54) is 4.90 Å². The second-order valence-corrected chi connectivity index (χ2v) is 9.90. The highest BCUT2D eigenvalue weighted by molar-refractivity contribution is 6.05. The first-order chi connectivity index (χ1) is 17.2. The topological polar surface area (TPSA) is 149 Å². The number of imide groups is 1. The number of rotatable bonds is 13. The van der Waals surface area contributed by atoms with Crippen molar-refractivity contribution in [2.75, 3.05) is 13.2 Å². The van der Waals surface area contributed by atoms with E-state index in [2.05, 4.69) is 0 Å². The molecule has 9 nitrogen and oxygen atoms in total. The molecule has 1 aromatic heterocycles. The molecule has 1 aliphatic carbocycles. The fourth-order valence-corrected chi connectivity index (χ4v) is 5.52. The summed E-state index contributed by atoms with van der Waals surface area (Å²) in [6, 6.07) is 3.47. The molecule has 36 heavy (non-hydrogen) atoms. The molecule has 2 amide bonds. The molecule has 1 fully saturated rings. The highest BCUT2D eigenvalue weighted by atomic mass is 16.4. The SMILES string of the molecule is CC1=C([C@H](O)CC/C(C)=C/c2ccc(CO)o2)[C@H](CO)[C@@H]2C(=O)N(CCCCCC(=O)O)C(=O)[C@@H]2C1. The number of amides is 2. The van der Waals surface area contributed by atoms with Gasteiger partial charge in [0.1, 0.15) is 18.1 Å². The van der Waals surface area contributed by atoms with E-state index in [4.69, 9.17) is 14.6 Å². The van der Waals surface area contributed by atoms with Crippen molar-refractivity contribution in [2.45, 2.75) is 71.5 Å². The minimum absolute atomic E-state index is 0.0595. The van der Waals surface area contributed by atoms with Gasteiger partial charge in [0, 0.05) is 18.9 Å². The number of likely N-dealkylation sites (tertiary alicyclic amines) is 1. The number of carbonyl (C=O) groups excluding carboxylic acids is 2. The molecular formula is C27H37NO8. The lowest BCUT2D eigenvalue weighted by molar-refractivity contribution is -0.141. The molecule has 2 aliphatic rings. The summed E-state index contributed by atoms with van der Waals surface area (Å²) in [7, 11) is 0. The maximum Gasteiger partial charge on any atom is 0.303 e. The molecule has 0 bridgehead atoms. The fourth-order valence-electron chi connectivity index (χ4n) is 5.52. The molecule has 0 saturated carbocycles. The molecule has 198 valence electrons. The van der Waals surface area contributed by atoms with E-state index in [1.54, 1.807) is 12.1 Å². The molecule has 3 rings (SSSR count). The van der Waals surface area contributed by atoms with Crippen LogP contribution in [0.4, 0.5) is 0 Å². The standard InChI is InChI=1S/C27H37NO8/c1-16(12-18-8-9-19(14-29)36-18)7-10-22(31)24-17(2)13-20-25(21(24)15-30)27(35)28(26(20)34)11-5-3-4-6-23(32)33/h8-9,12,20-22,25,29-31H,3-7,10-11,13-15H2,1-2H3,(H,32,33)/b16-12+/t20-,21+,22-,25-/m1/s1. The molecule has 0 unspecified atom stereocenters. The lowest BCUT2D eigenvalue weighted by Gasteiger charge is -2.35. The van der Waals surface area contributed by atoms with Crippen molar-refractivity contribution >= 4 is 23.9 Å². The predicted octanol–water partition coefficient (Wildman–Crippen LogP) is 2.89. The van der Waals surface area contributed by atoms with Gasteiger partial charge in [-0.2, -0.15) is 0 Å². The molecule has 9 heteroatoms. The number of carboxylic acid groups (broad SMARTS) is 1. The largest absolute Gasteiger partial charge is 0.481 e. The van der Waals surface area contributed by atoms with E-state index >= 15 is 0 Å². The van der Waals surface area contributed by atoms with Gasteiger partial charge in [-0.1, -0.05) is 17.6 Å². The quantitative estimate of drug-likeness (QED) is 0.182. The average Bonchev–Trinajstić information content (AvgIpc) is 3.38. The minimum atomic E-state index is -0.866. The molecule has 1 aliphatic heterocycles. The van der Waals surface area contributed by atoms with Gasteiger partial charge in [-0.15, -0.1) is 0 Å². The Bertz CT molecular complexity index is 1020. The van der Waals surface area contributed by atoms with Gasteiger partial charge >= 0.3 is 5.97 Å². The van der Waals surface area contributed by atoms with Gasteiger partial charge in [0.2, 0.25) is 11.8 Å². The Balaban J connectivity index is 1.65. The summed E-state index contributed by atoms with van der Waals surface area (Å²) >= 11 is 0. The number of fused-ring (bicyclic) bond motifs is 1. The number of carbonyl (C=O) groups is 3. The zero-order valence-electron chi connectivity index (χ0n) is 21.0. The monoisotopic (exact) mass is 503 g/mol. The van der Waals surface area contributed by atoms with Crippen LogP contribution in [0.25, 0.3) is 6.08 Å². The van der Waals surface area contributed by atoms with Crippen LogP contribution in [-0.4, -0.2) is 62.4 Å². The lowest BCUT2D eigenvalue weighted by Crippen LogP contribution is -2.38. The highest BCUT2D eigenvalue weighted by Crippen LogP contribution is 2.46. The van der Waals surface area contributed by atoms with Crippen LogP contribution in [0.1, 0.15) is 70.3 Å². The molecule has 0 radical (unpaired) electrons. The third-order valence-corrected chi connectivity index (χ3v) is 7.29. The first kappa shape index (κ1) is 27.8. The summed E-state index contributed by atoms with van der Waals surface area (Å²) in [5.74, 6) is -2.17. The molecular weight excluding hydrogens is 466 g/mol. The summed E-state index contributed by atoms with van der Waals surface area (Å²) in [4.78, 5) is 38.2. The first-order valence-electron chi connectivity index (χ1n) is 12.6. The van der Waals surface area contributed by atoms with E-state index in [0.717, 1.165) is 11.1 Å². The molecule has 4 atom stereocenters. The van der Waals surface area contributed by atoms with E-state index < -0.39 is 29.8 Å². The van der Waals surface area contributed by atoms with E-state index in [-0.39, 0.29) is 38.0 Å². The molecule has 0 aromatic carbocycles. The zero-order valence-corrected chi connectivity index (χ0v) is 21.0. The van der Waals surface area contributed by atoms with E-state index in [9.17, 15) is 24.6 Å². The van der Waals surface area contributed by atoms with Gasteiger partial charge in [-0.3, -0.25) is 19.3 Å². The van der Waals surface area contributed by atoms with Crippen molar-refractivity contribution in [1.82, 2.24) is 4.90 Å². The van der Waals surface area contributed by atoms with Crippen LogP contribution in [0, 0.1) is 17.8 Å². The van der Waals surface area contributed by atoms with Gasteiger partial charge in [-0.25, -0.2) is 0 Å². The van der Waals surface area contributed by atoms with Crippen LogP contribution in [-0.2, 0) is 21.0 Å². The molecule has 1 saturated heterocycles. The minimum Gasteiger partial charge on any atom is -0.481 e. The Morgan fingerprint density at radius 1 is 1.17 bits per heavy atom. The number of furan rings is 1.